The Kier molecular flexibility index (Phi) is 15.8. The zero-order chi connectivity index (χ0) is 30.5. The standard InChI is InChI=1S/C33H37F3N2O4/c1-2-3-4-5-6-7-8-9-10-11-12-13-14-15-16-17-18-19-20-31(39)41-26-30-29(25-37-42-30)32(40)38-28-23-21-27(22-24-28)33(34,35)36/h3-4,6-7,9-10,12-13,15-16,18-19,21-25H,2,5,8,11,14,17,20,26H2,1H3,(H,38,40). The number of allylic oxidation sites excluding steroid dienone is 11. The molecule has 2 aromatic rings. The summed E-state index contributed by atoms with van der Waals surface area (Å²) in [5.74, 6) is -1.14. The molecule has 0 unspecified atom stereocenters. The van der Waals surface area contributed by atoms with Crippen LogP contribution in [0.25, 0.3) is 0 Å². The second-order valence-corrected chi connectivity index (χ2v) is 8.97. The summed E-state index contributed by atoms with van der Waals surface area (Å²) in [6.07, 6.45) is 27.0. The van der Waals surface area contributed by atoms with E-state index in [-0.39, 0.29) is 30.0 Å². The van der Waals surface area contributed by atoms with Crippen LogP contribution in [0.15, 0.2) is 108 Å². The number of ether oxygens (including phenoxy) is 1. The second-order valence-electron chi connectivity index (χ2n) is 8.97. The van der Waals surface area contributed by atoms with Crippen molar-refractivity contribution in [2.45, 2.75) is 64.7 Å². The number of anilines is 1. The molecule has 0 saturated heterocycles. The third-order valence-corrected chi connectivity index (χ3v) is 5.61. The molecule has 0 fully saturated rings. The SMILES string of the molecule is CCC=CCC=CCC=CCC=CCC=CCC=CCC(=O)OCc1oncc1C(=O)Nc1ccc(C(F)(F)F)cc1. The van der Waals surface area contributed by atoms with E-state index in [9.17, 15) is 22.8 Å². The van der Waals surface area contributed by atoms with E-state index in [0.717, 1.165) is 62.6 Å². The van der Waals surface area contributed by atoms with Crippen molar-refractivity contribution in [2.75, 3.05) is 5.32 Å². The highest BCUT2D eigenvalue weighted by Gasteiger charge is 2.30. The first-order valence-electron chi connectivity index (χ1n) is 13.8. The summed E-state index contributed by atoms with van der Waals surface area (Å²) < 4.78 is 48.3. The van der Waals surface area contributed by atoms with Gasteiger partial charge in [-0.25, -0.2) is 0 Å². The van der Waals surface area contributed by atoms with Gasteiger partial charge in [0.25, 0.3) is 5.91 Å². The number of rotatable bonds is 17. The van der Waals surface area contributed by atoms with Crippen LogP contribution in [0.1, 0.15) is 73.6 Å². The van der Waals surface area contributed by atoms with Crippen molar-refractivity contribution in [3.05, 3.63) is 120 Å². The highest BCUT2D eigenvalue weighted by Crippen LogP contribution is 2.30. The summed E-state index contributed by atoms with van der Waals surface area (Å²) >= 11 is 0. The van der Waals surface area contributed by atoms with Crippen molar-refractivity contribution in [3.8, 4) is 0 Å². The molecule has 0 radical (unpaired) electrons. The summed E-state index contributed by atoms with van der Waals surface area (Å²) in [6, 6.07) is 4.00. The number of amides is 1. The zero-order valence-corrected chi connectivity index (χ0v) is 23.7. The molecule has 1 aromatic carbocycles. The molecule has 224 valence electrons. The van der Waals surface area contributed by atoms with Crippen molar-refractivity contribution in [1.82, 2.24) is 5.16 Å². The Labute approximate surface area is 245 Å². The van der Waals surface area contributed by atoms with Crippen LogP contribution < -0.4 is 5.32 Å². The van der Waals surface area contributed by atoms with Gasteiger partial charge in [-0.3, -0.25) is 9.59 Å². The monoisotopic (exact) mass is 582 g/mol. The minimum absolute atomic E-state index is 0.0108. The first-order valence-corrected chi connectivity index (χ1v) is 13.8. The molecule has 0 spiro atoms. The Hall–Kier alpha value is -4.40. The van der Waals surface area contributed by atoms with Crippen LogP contribution in [0, 0.1) is 0 Å². The minimum atomic E-state index is -4.47. The number of nitrogens with zero attached hydrogens (tertiary/aromatic N) is 1. The topological polar surface area (TPSA) is 81.4 Å². The molecule has 0 aliphatic carbocycles. The van der Waals surface area contributed by atoms with E-state index in [1.54, 1.807) is 6.08 Å². The molecule has 1 N–H and O–H groups in total. The Morgan fingerprint density at radius 1 is 0.810 bits per heavy atom. The van der Waals surface area contributed by atoms with Gasteiger partial charge in [0.1, 0.15) is 5.56 Å². The van der Waals surface area contributed by atoms with Gasteiger partial charge in [-0.15, -0.1) is 0 Å². The largest absolute Gasteiger partial charge is 0.457 e. The van der Waals surface area contributed by atoms with Gasteiger partial charge in [-0.1, -0.05) is 85.0 Å². The summed E-state index contributed by atoms with van der Waals surface area (Å²) in [7, 11) is 0. The lowest BCUT2D eigenvalue weighted by atomic mass is 10.2. The van der Waals surface area contributed by atoms with Crippen molar-refractivity contribution < 1.29 is 32.0 Å². The van der Waals surface area contributed by atoms with Gasteiger partial charge in [0.2, 0.25) is 0 Å². The molecule has 6 nitrogen and oxygen atoms in total. The fraction of sp³-hybridized carbons (Fsp3) is 0.303. The smallest absolute Gasteiger partial charge is 0.416 e. The van der Waals surface area contributed by atoms with Crippen LogP contribution in [0.5, 0.6) is 0 Å². The van der Waals surface area contributed by atoms with E-state index in [0.29, 0.717) is 6.42 Å². The molecule has 0 aliphatic rings. The summed E-state index contributed by atoms with van der Waals surface area (Å²) in [5.41, 5.74) is -0.656. The van der Waals surface area contributed by atoms with E-state index in [1.165, 1.54) is 0 Å². The fourth-order valence-corrected chi connectivity index (χ4v) is 3.40. The minimum Gasteiger partial charge on any atom is -0.457 e. The van der Waals surface area contributed by atoms with Crippen LogP contribution in [-0.4, -0.2) is 17.0 Å². The number of nitrogens with one attached hydrogen (secondary N) is 1. The fourth-order valence-electron chi connectivity index (χ4n) is 3.40. The Morgan fingerprint density at radius 3 is 1.81 bits per heavy atom. The lowest BCUT2D eigenvalue weighted by Crippen LogP contribution is -2.14. The van der Waals surface area contributed by atoms with E-state index in [1.807, 2.05) is 12.2 Å². The molecule has 0 atom stereocenters. The van der Waals surface area contributed by atoms with Gasteiger partial charge in [-0.05, 0) is 62.8 Å². The summed E-state index contributed by atoms with van der Waals surface area (Å²) in [4.78, 5) is 24.5. The number of carbonyl (C=O) groups excluding carboxylic acids is 2. The number of aromatic nitrogens is 1. The number of alkyl halides is 3. The predicted molar refractivity (Wildman–Crippen MR) is 159 cm³/mol. The summed E-state index contributed by atoms with van der Waals surface area (Å²) in [5, 5.41) is 6.02. The van der Waals surface area contributed by atoms with Crippen molar-refractivity contribution in [1.29, 1.82) is 0 Å². The average Bonchev–Trinajstić information content (AvgIpc) is 3.44. The van der Waals surface area contributed by atoms with Gasteiger partial charge in [0, 0.05) is 5.69 Å². The number of carbonyl (C=O) groups is 2. The van der Waals surface area contributed by atoms with Crippen molar-refractivity contribution >= 4 is 17.6 Å². The molecule has 1 heterocycles. The van der Waals surface area contributed by atoms with Gasteiger partial charge in [-0.2, -0.15) is 13.2 Å². The van der Waals surface area contributed by atoms with E-state index in [2.05, 4.69) is 72.1 Å². The van der Waals surface area contributed by atoms with Crippen molar-refractivity contribution in [3.63, 3.8) is 0 Å². The maximum atomic E-state index is 12.7. The molecule has 0 saturated carbocycles. The lowest BCUT2D eigenvalue weighted by molar-refractivity contribution is -0.144. The molecule has 42 heavy (non-hydrogen) atoms. The molecule has 2 rings (SSSR count). The number of esters is 1. The van der Waals surface area contributed by atoms with Crippen LogP contribution >= 0.6 is 0 Å². The normalized spacial score (nSPS) is 12.7. The van der Waals surface area contributed by atoms with E-state index >= 15 is 0 Å². The number of hydrogen-bond acceptors (Lipinski definition) is 5. The van der Waals surface area contributed by atoms with Gasteiger partial charge < -0.3 is 14.6 Å². The van der Waals surface area contributed by atoms with Crippen molar-refractivity contribution in [2.24, 2.45) is 0 Å². The number of benzene rings is 1. The molecule has 1 aromatic heterocycles. The average molecular weight is 583 g/mol. The molecule has 1 amide bonds. The van der Waals surface area contributed by atoms with Gasteiger partial charge in [0.15, 0.2) is 12.4 Å². The van der Waals surface area contributed by atoms with Gasteiger partial charge in [0.05, 0.1) is 18.2 Å². The van der Waals surface area contributed by atoms with E-state index in [4.69, 9.17) is 9.26 Å². The van der Waals surface area contributed by atoms with Gasteiger partial charge >= 0.3 is 12.1 Å². The number of halogens is 3. The quantitative estimate of drug-likeness (QED) is 0.149. The first-order chi connectivity index (χ1) is 20.3. The molecule has 9 heteroatoms. The first kappa shape index (κ1) is 33.8. The van der Waals surface area contributed by atoms with E-state index < -0.39 is 23.6 Å². The predicted octanol–water partition coefficient (Wildman–Crippen LogP) is 9.08. The molecule has 0 bridgehead atoms. The van der Waals surface area contributed by atoms with Crippen LogP contribution in [0.2, 0.25) is 0 Å². The lowest BCUT2D eigenvalue weighted by Gasteiger charge is -2.08. The Balaban J connectivity index is 1.61. The molecular weight excluding hydrogens is 545 g/mol. The molecule has 0 aliphatic heterocycles. The highest BCUT2D eigenvalue weighted by molar-refractivity contribution is 6.04. The Bertz CT molecular complexity index is 1270. The van der Waals surface area contributed by atoms with Crippen LogP contribution in [0.3, 0.4) is 0 Å². The zero-order valence-electron chi connectivity index (χ0n) is 23.7. The maximum absolute atomic E-state index is 12.7. The summed E-state index contributed by atoms with van der Waals surface area (Å²) in [6.45, 7) is 1.82. The third-order valence-electron chi connectivity index (χ3n) is 5.61. The van der Waals surface area contributed by atoms with Crippen LogP contribution in [-0.2, 0) is 22.3 Å². The van der Waals surface area contributed by atoms with Crippen LogP contribution in [0.4, 0.5) is 18.9 Å². The third kappa shape index (κ3) is 14.3. The molecular formula is C33H37F3N2O4. The second kappa shape index (κ2) is 19.6. The number of hydrogen-bond donors (Lipinski definition) is 1. The Morgan fingerprint density at radius 2 is 1.31 bits per heavy atom. The maximum Gasteiger partial charge on any atom is 0.416 e. The highest BCUT2D eigenvalue weighted by atomic mass is 19.4.